The Morgan fingerprint density at radius 3 is 0.721 bits per heavy atom. The molecular formula is C43H82N2O12Si4. The Bertz CT molecular complexity index is 1270. The van der Waals surface area contributed by atoms with Crippen molar-refractivity contribution in [3.05, 3.63) is 59.7 Å². The second kappa shape index (κ2) is 27.0. The Labute approximate surface area is 374 Å². The van der Waals surface area contributed by atoms with Crippen LogP contribution in [0.3, 0.4) is 0 Å². The van der Waals surface area contributed by atoms with Crippen molar-refractivity contribution in [1.82, 2.24) is 0 Å². The third-order valence-corrected chi connectivity index (χ3v) is 24.2. The first-order valence-electron chi connectivity index (χ1n) is 21.4. The van der Waals surface area contributed by atoms with Gasteiger partial charge >= 0.3 is 35.2 Å². The van der Waals surface area contributed by atoms with Gasteiger partial charge in [-0.05, 0) is 65.5 Å². The van der Waals surface area contributed by atoms with Crippen LogP contribution in [-0.2, 0) is 53.1 Å². The molecule has 2 aromatic carbocycles. The summed E-state index contributed by atoms with van der Waals surface area (Å²) in [7, 11) is 8.93. The third kappa shape index (κ3) is 15.8. The van der Waals surface area contributed by atoms with E-state index in [1.54, 1.807) is 85.3 Å². The fourth-order valence-electron chi connectivity index (χ4n) is 8.54. The van der Waals surface area contributed by atoms with Crippen LogP contribution in [0.15, 0.2) is 48.5 Å². The molecule has 0 bridgehead atoms. The summed E-state index contributed by atoms with van der Waals surface area (Å²) in [6.45, 7) is 14.3. The van der Waals surface area contributed by atoms with E-state index in [0.29, 0.717) is 24.2 Å². The topological polar surface area (TPSA) is 117 Å². The Kier molecular flexibility index (Phi) is 24.6. The van der Waals surface area contributed by atoms with Gasteiger partial charge in [-0.3, -0.25) is 0 Å². The van der Waals surface area contributed by atoms with Crippen LogP contribution in [0.1, 0.15) is 58.1 Å². The van der Waals surface area contributed by atoms with Crippen LogP contribution < -0.4 is 9.80 Å². The molecule has 0 aliphatic rings. The Hall–Kier alpha value is -1.57. The van der Waals surface area contributed by atoms with Crippen LogP contribution in [0.2, 0.25) is 24.2 Å². The second-order valence-corrected chi connectivity index (χ2v) is 28.4. The maximum atomic E-state index is 5.80. The molecule has 0 saturated carbocycles. The molecule has 14 nitrogen and oxygen atoms in total. The van der Waals surface area contributed by atoms with Crippen LogP contribution >= 0.6 is 0 Å². The number of benzene rings is 2. The van der Waals surface area contributed by atoms with E-state index in [-0.39, 0.29) is 29.6 Å². The highest BCUT2D eigenvalue weighted by molar-refractivity contribution is 6.61. The molecule has 0 heterocycles. The van der Waals surface area contributed by atoms with Crippen LogP contribution in [-0.4, -0.2) is 147 Å². The molecule has 0 aliphatic carbocycles. The van der Waals surface area contributed by atoms with Crippen molar-refractivity contribution in [2.75, 3.05) is 121 Å². The maximum Gasteiger partial charge on any atom is 0.500 e. The smallest absolute Gasteiger partial charge is 0.377 e. The van der Waals surface area contributed by atoms with Crippen LogP contribution in [0.5, 0.6) is 0 Å². The molecule has 0 fully saturated rings. The molecule has 2 rings (SSSR count). The zero-order valence-corrected chi connectivity index (χ0v) is 44.7. The second-order valence-electron chi connectivity index (χ2n) is 16.4. The van der Waals surface area contributed by atoms with Gasteiger partial charge in [0.2, 0.25) is 0 Å². The number of hydrogen-bond donors (Lipinski definition) is 0. The first kappa shape index (κ1) is 55.6. The largest absolute Gasteiger partial charge is 0.500 e. The summed E-state index contributed by atoms with van der Waals surface area (Å²) in [6.07, 6.45) is 0.958. The van der Waals surface area contributed by atoms with Gasteiger partial charge < -0.3 is 62.9 Å². The lowest BCUT2D eigenvalue weighted by atomic mass is 9.89. The van der Waals surface area contributed by atoms with Crippen LogP contribution in [0.25, 0.3) is 0 Å². The molecule has 61 heavy (non-hydrogen) atoms. The number of rotatable bonds is 33. The summed E-state index contributed by atoms with van der Waals surface area (Å²) < 4.78 is 69.6. The standard InChI is InChI=1S/C43H82N2O12Si4/c1-18-43(39-19-23-41(24-20-39)44(27-35(2)31-58(46-6,47-7)48-8)28-36(3)32-59(49-9,50-10)51-11)40-21-25-42(26-22-40)45(29-37(4)33-60(52-12,53-13)54-14)30-38(5)34-61(55-15,56-16)57-17/h19-26,35-38,43H,18,27-34H2,1-17H3. The molecule has 18 heteroatoms. The van der Waals surface area contributed by atoms with E-state index in [1.165, 1.54) is 11.1 Å². The quantitative estimate of drug-likeness (QED) is 0.0646. The molecule has 0 N–H and O–H groups in total. The Morgan fingerprint density at radius 1 is 0.361 bits per heavy atom. The van der Waals surface area contributed by atoms with Gasteiger partial charge in [-0.25, -0.2) is 0 Å². The number of hydrogen-bond acceptors (Lipinski definition) is 14. The fourth-order valence-corrected chi connectivity index (χ4v) is 16.5. The van der Waals surface area contributed by atoms with Gasteiger partial charge in [0.1, 0.15) is 0 Å². The van der Waals surface area contributed by atoms with E-state index in [9.17, 15) is 0 Å². The highest BCUT2D eigenvalue weighted by atomic mass is 28.4. The van der Waals surface area contributed by atoms with Gasteiger partial charge in [0.15, 0.2) is 0 Å². The fraction of sp³-hybridized carbons (Fsp3) is 0.721. The summed E-state index contributed by atoms with van der Waals surface area (Å²) in [5.41, 5.74) is 4.84. The van der Waals surface area contributed by atoms with E-state index in [1.807, 2.05) is 0 Å². The minimum absolute atomic E-state index is 0.225. The molecule has 4 atom stereocenters. The summed E-state index contributed by atoms with van der Waals surface area (Å²) >= 11 is 0. The highest BCUT2D eigenvalue weighted by Crippen LogP contribution is 2.34. The van der Waals surface area contributed by atoms with E-state index in [2.05, 4.69) is 92.9 Å². The van der Waals surface area contributed by atoms with E-state index in [0.717, 1.165) is 44.0 Å². The van der Waals surface area contributed by atoms with Gasteiger partial charge in [0, 0.05) is 153 Å². The van der Waals surface area contributed by atoms with Crippen molar-refractivity contribution in [2.24, 2.45) is 23.7 Å². The maximum absolute atomic E-state index is 5.80. The van der Waals surface area contributed by atoms with Gasteiger partial charge in [-0.2, -0.15) is 0 Å². The van der Waals surface area contributed by atoms with E-state index < -0.39 is 35.2 Å². The highest BCUT2D eigenvalue weighted by Gasteiger charge is 2.43. The monoisotopic (exact) mass is 930 g/mol. The van der Waals surface area contributed by atoms with Crippen LogP contribution in [0.4, 0.5) is 11.4 Å². The Morgan fingerprint density at radius 2 is 0.557 bits per heavy atom. The normalized spacial score (nSPS) is 15.4. The van der Waals surface area contributed by atoms with E-state index >= 15 is 0 Å². The van der Waals surface area contributed by atoms with Crippen molar-refractivity contribution in [3.8, 4) is 0 Å². The van der Waals surface area contributed by atoms with Crippen LogP contribution in [0, 0.1) is 23.7 Å². The molecule has 0 aromatic heterocycles. The average Bonchev–Trinajstić information content (AvgIpc) is 3.28. The third-order valence-electron chi connectivity index (χ3n) is 12.0. The summed E-state index contributed by atoms with van der Waals surface area (Å²) in [5.74, 6) is 1.15. The summed E-state index contributed by atoms with van der Waals surface area (Å²) in [6, 6.07) is 20.9. The molecule has 2 aromatic rings. The molecule has 0 saturated heterocycles. The SMILES string of the molecule is CCC(c1ccc(N(CC(C)C[Si](OC)(OC)OC)CC(C)C[Si](OC)(OC)OC)cc1)c1ccc(N(CC(C)C[Si](OC)(OC)OC)CC(C)C[Si](OC)(OC)OC)cc1. The molecule has 0 aliphatic heterocycles. The van der Waals surface area contributed by atoms with Crippen molar-refractivity contribution < 1.29 is 53.1 Å². The zero-order valence-electron chi connectivity index (χ0n) is 40.7. The van der Waals surface area contributed by atoms with Gasteiger partial charge in [-0.15, -0.1) is 0 Å². The van der Waals surface area contributed by atoms with Gasteiger partial charge in [-0.1, -0.05) is 58.9 Å². The minimum atomic E-state index is -2.78. The van der Waals surface area contributed by atoms with Crippen molar-refractivity contribution in [2.45, 2.75) is 71.1 Å². The minimum Gasteiger partial charge on any atom is -0.377 e. The first-order chi connectivity index (χ1) is 29.1. The molecule has 352 valence electrons. The lowest BCUT2D eigenvalue weighted by molar-refractivity contribution is 0.117. The molecule has 4 unspecified atom stereocenters. The van der Waals surface area contributed by atoms with Crippen molar-refractivity contribution >= 4 is 46.6 Å². The zero-order chi connectivity index (χ0) is 45.9. The average molecular weight is 931 g/mol. The number of nitrogens with zero attached hydrogens (tertiary/aromatic N) is 2. The molecular weight excluding hydrogens is 849 g/mol. The predicted octanol–water partition coefficient (Wildman–Crippen LogP) is 7.90. The first-order valence-corrected chi connectivity index (χ1v) is 29.1. The van der Waals surface area contributed by atoms with Crippen molar-refractivity contribution in [1.29, 1.82) is 0 Å². The summed E-state index contributed by atoms with van der Waals surface area (Å²) in [5, 5.41) is 0. The number of anilines is 2. The molecule has 0 radical (unpaired) electrons. The van der Waals surface area contributed by atoms with Gasteiger partial charge in [0.25, 0.3) is 0 Å². The van der Waals surface area contributed by atoms with Gasteiger partial charge in [0.05, 0.1) is 0 Å². The van der Waals surface area contributed by atoms with Crippen molar-refractivity contribution in [3.63, 3.8) is 0 Å². The summed E-state index contributed by atoms with van der Waals surface area (Å²) in [4.78, 5) is 4.89. The predicted molar refractivity (Wildman–Crippen MR) is 252 cm³/mol. The molecule has 0 spiro atoms. The molecule has 0 amide bonds. The van der Waals surface area contributed by atoms with E-state index in [4.69, 9.17) is 53.1 Å². The lowest BCUT2D eigenvalue weighted by Crippen LogP contribution is -2.47. The Balaban J connectivity index is 2.46. The lowest BCUT2D eigenvalue weighted by Gasteiger charge is -2.35.